The standard InChI is InChI=1S/C20H16N6O.C16H12ClN3O.C4H5N3.Na.H/c27-20-15-8-17(25-16(15)6-7-23-20)14-3-1-2-12-4-5-18(26-19(12)14)24-13-9-21-11-22-10-13;17-14-5-4-9-2-1-3-10(15(9)20-14)13-8-11-12(19-13)6-7-18-16(11)21;5-4-1-6-3-7-2-4;;/h1-5,8-11,25H,6-7H2,(H,23,27)(H,24,26);1-5,8,19H,6-7H2,(H,18,21);1-3H,5H2;;/q;;;+1;-1. The van der Waals surface area contributed by atoms with E-state index in [4.69, 9.17) is 22.3 Å². The number of H-pyrrole nitrogens is 2. The van der Waals surface area contributed by atoms with Gasteiger partial charge in [0, 0.05) is 70.6 Å². The van der Waals surface area contributed by atoms with E-state index in [2.05, 4.69) is 50.8 Å². The number of carbonyl (C=O) groups excluding carboxylic acids is 2. The second-order valence-corrected chi connectivity index (χ2v) is 13.1. The number of nitrogens with two attached hydrogens (primary N) is 1. The number of aromatic nitrogens is 8. The monoisotopic (exact) mass is 772 g/mol. The van der Waals surface area contributed by atoms with E-state index in [1.165, 1.54) is 12.7 Å². The van der Waals surface area contributed by atoms with E-state index >= 15 is 0 Å². The predicted octanol–water partition coefficient (Wildman–Crippen LogP) is 3.39. The molecule has 0 unspecified atom stereocenters. The molecular weight excluding hydrogens is 739 g/mol. The van der Waals surface area contributed by atoms with Crippen LogP contribution in [0.4, 0.5) is 17.2 Å². The zero-order valence-electron chi connectivity index (χ0n) is 31.2. The molecule has 0 radical (unpaired) electrons. The second kappa shape index (κ2) is 17.1. The Morgan fingerprint density at radius 3 is 1.68 bits per heavy atom. The van der Waals surface area contributed by atoms with Crippen molar-refractivity contribution in [3.8, 4) is 22.5 Å². The molecule has 2 aliphatic heterocycles. The van der Waals surface area contributed by atoms with Gasteiger partial charge < -0.3 is 33.1 Å². The summed E-state index contributed by atoms with van der Waals surface area (Å²) in [7, 11) is 0. The number of rotatable bonds is 4. The SMILES string of the molecule is Nc1cncnc1.O=C1NCCc2[nH]c(-c3cccc4ccc(Cl)nc34)cc21.O=C1NCCc2[nH]c(-c3cccc4ccc(Nc5cncnc5)nc34)cc21.[H-].[Na+]. The number of anilines is 3. The molecule has 7 N–H and O–H groups in total. The summed E-state index contributed by atoms with van der Waals surface area (Å²) in [6.07, 6.45) is 11.0. The number of hydrogen-bond donors (Lipinski definition) is 6. The maximum absolute atomic E-state index is 12.1. The fraction of sp³-hybridized carbons (Fsp3) is 0.100. The molecule has 0 aliphatic carbocycles. The molecule has 0 bridgehead atoms. The van der Waals surface area contributed by atoms with E-state index in [1.54, 1.807) is 30.9 Å². The summed E-state index contributed by atoms with van der Waals surface area (Å²) in [6, 6.07) is 23.5. The molecule has 8 aromatic rings. The molecule has 56 heavy (non-hydrogen) atoms. The van der Waals surface area contributed by atoms with Gasteiger partial charge in [-0.15, -0.1) is 0 Å². The van der Waals surface area contributed by atoms with Gasteiger partial charge >= 0.3 is 29.6 Å². The van der Waals surface area contributed by atoms with Gasteiger partial charge in [0.1, 0.15) is 23.6 Å². The van der Waals surface area contributed by atoms with E-state index in [-0.39, 0.29) is 42.8 Å². The van der Waals surface area contributed by atoms with Gasteiger partial charge in [-0.2, -0.15) is 0 Å². The Bertz CT molecular complexity index is 2680. The first-order valence-electron chi connectivity index (χ1n) is 17.4. The number of carbonyl (C=O) groups is 2. The fourth-order valence-electron chi connectivity index (χ4n) is 6.47. The molecule has 8 heterocycles. The van der Waals surface area contributed by atoms with Crippen LogP contribution in [-0.4, -0.2) is 64.8 Å². The third kappa shape index (κ3) is 8.38. The summed E-state index contributed by atoms with van der Waals surface area (Å²) in [4.78, 5) is 55.2. The first-order chi connectivity index (χ1) is 26.9. The third-order valence-corrected chi connectivity index (χ3v) is 9.22. The van der Waals surface area contributed by atoms with Gasteiger partial charge in [0.15, 0.2) is 0 Å². The minimum Gasteiger partial charge on any atom is -1.00 e. The number of pyridine rings is 2. The summed E-state index contributed by atoms with van der Waals surface area (Å²) in [5, 5.41) is 11.5. The second-order valence-electron chi connectivity index (χ2n) is 12.7. The van der Waals surface area contributed by atoms with E-state index in [0.29, 0.717) is 35.3 Å². The van der Waals surface area contributed by atoms with Crippen LogP contribution in [-0.2, 0) is 12.8 Å². The van der Waals surface area contributed by atoms with Gasteiger partial charge in [-0.25, -0.2) is 29.9 Å². The van der Waals surface area contributed by atoms with Crippen molar-refractivity contribution in [3.63, 3.8) is 0 Å². The van der Waals surface area contributed by atoms with Crippen molar-refractivity contribution in [2.75, 3.05) is 24.1 Å². The average molecular weight is 773 g/mol. The number of fused-ring (bicyclic) bond motifs is 4. The Hall–Kier alpha value is -6.19. The molecule has 2 aromatic carbocycles. The Balaban J connectivity index is 0.000000163. The molecule has 0 spiro atoms. The molecule has 0 saturated carbocycles. The summed E-state index contributed by atoms with van der Waals surface area (Å²) in [5.74, 6) is 0.655. The van der Waals surface area contributed by atoms with Crippen LogP contribution in [0.15, 0.2) is 110 Å². The first kappa shape index (κ1) is 38.1. The van der Waals surface area contributed by atoms with Crippen LogP contribution in [0.25, 0.3) is 44.3 Å². The van der Waals surface area contributed by atoms with Crippen molar-refractivity contribution in [2.24, 2.45) is 0 Å². The summed E-state index contributed by atoms with van der Waals surface area (Å²) < 4.78 is 0. The fourth-order valence-corrected chi connectivity index (χ4v) is 6.62. The zero-order valence-corrected chi connectivity index (χ0v) is 32.9. The Labute approximate surface area is 349 Å². The molecule has 6 aromatic heterocycles. The van der Waals surface area contributed by atoms with Crippen LogP contribution in [0.3, 0.4) is 0 Å². The number of nitrogens with one attached hydrogen (secondary N) is 5. The van der Waals surface area contributed by atoms with Crippen molar-refractivity contribution < 1.29 is 40.6 Å². The normalized spacial score (nSPS) is 12.7. The Morgan fingerprint density at radius 2 is 1.16 bits per heavy atom. The summed E-state index contributed by atoms with van der Waals surface area (Å²) in [5.41, 5.74) is 15.4. The molecular formula is C40H34ClN12NaO2. The van der Waals surface area contributed by atoms with Crippen molar-refractivity contribution in [1.29, 1.82) is 0 Å². The predicted molar refractivity (Wildman–Crippen MR) is 213 cm³/mol. The Morgan fingerprint density at radius 1 is 0.643 bits per heavy atom. The van der Waals surface area contributed by atoms with Crippen LogP contribution in [0, 0.1) is 0 Å². The summed E-state index contributed by atoms with van der Waals surface area (Å²) >= 11 is 6.02. The number of benzene rings is 2. The molecule has 16 heteroatoms. The van der Waals surface area contributed by atoms with E-state index in [9.17, 15) is 9.59 Å². The van der Waals surface area contributed by atoms with Crippen LogP contribution in [0.5, 0.6) is 0 Å². The van der Waals surface area contributed by atoms with Gasteiger partial charge in [-0.05, 0) is 36.4 Å². The minimum absolute atomic E-state index is 0. The average Bonchev–Trinajstić information content (AvgIpc) is 3.85. The maximum Gasteiger partial charge on any atom is 1.00 e. The molecule has 274 valence electrons. The largest absolute Gasteiger partial charge is 1.00 e. The quantitative estimate of drug-likeness (QED) is 0.114. The van der Waals surface area contributed by atoms with Crippen LogP contribution >= 0.6 is 11.6 Å². The van der Waals surface area contributed by atoms with Crippen LogP contribution in [0.2, 0.25) is 5.15 Å². The molecule has 10 rings (SSSR count). The number of para-hydroxylation sites is 2. The van der Waals surface area contributed by atoms with Crippen molar-refractivity contribution in [1.82, 2.24) is 50.5 Å². The minimum atomic E-state index is -0.0293. The topological polar surface area (TPSA) is 205 Å². The number of nitrogen functional groups attached to an aromatic ring is 1. The van der Waals surface area contributed by atoms with E-state index < -0.39 is 0 Å². The summed E-state index contributed by atoms with van der Waals surface area (Å²) in [6.45, 7) is 1.33. The van der Waals surface area contributed by atoms with Crippen LogP contribution < -0.4 is 51.2 Å². The molecule has 0 fully saturated rings. The molecule has 2 aliphatic rings. The number of nitrogens with zero attached hydrogens (tertiary/aromatic N) is 6. The zero-order chi connectivity index (χ0) is 37.7. The van der Waals surface area contributed by atoms with E-state index in [0.717, 1.165) is 79.8 Å². The van der Waals surface area contributed by atoms with Crippen molar-refractivity contribution in [2.45, 2.75) is 12.8 Å². The molecule has 0 atom stereocenters. The number of hydrogen-bond acceptors (Lipinski definition) is 10. The van der Waals surface area contributed by atoms with Gasteiger partial charge in [0.2, 0.25) is 0 Å². The van der Waals surface area contributed by atoms with Gasteiger partial charge in [-0.1, -0.05) is 48.0 Å². The number of amides is 2. The van der Waals surface area contributed by atoms with Gasteiger partial charge in [0.05, 0.1) is 58.3 Å². The number of aromatic amines is 2. The van der Waals surface area contributed by atoms with Crippen molar-refractivity contribution in [3.05, 3.63) is 138 Å². The van der Waals surface area contributed by atoms with Gasteiger partial charge in [0.25, 0.3) is 11.8 Å². The molecule has 2 amide bonds. The molecule has 0 saturated heterocycles. The smallest absolute Gasteiger partial charge is 1.00 e. The maximum atomic E-state index is 12.1. The van der Waals surface area contributed by atoms with Crippen LogP contribution in [0.1, 0.15) is 33.5 Å². The van der Waals surface area contributed by atoms with Crippen molar-refractivity contribution >= 4 is 62.4 Å². The van der Waals surface area contributed by atoms with Gasteiger partial charge in [-0.3, -0.25) is 9.59 Å². The third-order valence-electron chi connectivity index (χ3n) is 9.01. The van der Waals surface area contributed by atoms with E-state index in [1.807, 2.05) is 66.7 Å². The Kier molecular flexibility index (Phi) is 11.6. The molecule has 14 nitrogen and oxygen atoms in total. The number of halogens is 1. The first-order valence-corrected chi connectivity index (χ1v) is 17.8.